The zero-order valence-corrected chi connectivity index (χ0v) is 19.9. The Hall–Kier alpha value is -3.25. The summed E-state index contributed by atoms with van der Waals surface area (Å²) in [5.41, 5.74) is 1.57. The third-order valence-corrected chi connectivity index (χ3v) is 6.25. The maximum absolute atomic E-state index is 12.1. The predicted molar refractivity (Wildman–Crippen MR) is 134 cm³/mol. The molecule has 5 nitrogen and oxygen atoms in total. The Labute approximate surface area is 205 Å². The van der Waals surface area contributed by atoms with Crippen molar-refractivity contribution >= 4 is 22.7 Å². The first kappa shape index (κ1) is 22.5. The van der Waals surface area contributed by atoms with Gasteiger partial charge in [0.25, 0.3) is 0 Å². The van der Waals surface area contributed by atoms with Gasteiger partial charge in [-0.15, -0.1) is 0 Å². The van der Waals surface area contributed by atoms with E-state index in [9.17, 15) is 9.59 Å². The topological polar surface area (TPSA) is 61.8 Å². The normalized spacial score (nSPS) is 18.0. The van der Waals surface area contributed by atoms with E-state index in [1.165, 1.54) is 0 Å². The van der Waals surface area contributed by atoms with Crippen LogP contribution in [0.4, 0.5) is 0 Å². The van der Waals surface area contributed by atoms with Crippen molar-refractivity contribution in [2.75, 3.05) is 13.2 Å². The monoisotopic (exact) mass is 477 g/mol. The SMILES string of the molecule is [2H]C1(c2cccc(OCCCOc3ccc(Oc4ccccc4)cc3CCC)c2)SC(=O)CC1=O. The van der Waals surface area contributed by atoms with Crippen LogP contribution in [-0.2, 0) is 16.0 Å². The Bertz CT molecular complexity index is 1180. The smallest absolute Gasteiger partial charge is 0.197 e. The molecule has 0 aliphatic carbocycles. The van der Waals surface area contributed by atoms with Crippen molar-refractivity contribution in [1.82, 2.24) is 0 Å². The van der Waals surface area contributed by atoms with Crippen LogP contribution in [-0.4, -0.2) is 24.1 Å². The number of carbonyl (C=O) groups excluding carboxylic acids is 2. The summed E-state index contributed by atoms with van der Waals surface area (Å²) in [7, 11) is 0. The lowest BCUT2D eigenvalue weighted by Gasteiger charge is -2.14. The number of benzene rings is 3. The molecule has 6 heteroatoms. The van der Waals surface area contributed by atoms with Gasteiger partial charge in [0.2, 0.25) is 0 Å². The molecule has 1 fully saturated rings. The van der Waals surface area contributed by atoms with Crippen LogP contribution in [0.2, 0.25) is 0 Å². The molecular weight excluding hydrogens is 448 g/mol. The van der Waals surface area contributed by atoms with Crippen molar-refractivity contribution in [3.8, 4) is 23.0 Å². The number of hydrogen-bond acceptors (Lipinski definition) is 6. The fourth-order valence-corrected chi connectivity index (χ4v) is 4.51. The van der Waals surface area contributed by atoms with Crippen molar-refractivity contribution in [2.45, 2.75) is 37.8 Å². The molecule has 1 heterocycles. The molecule has 0 spiro atoms. The largest absolute Gasteiger partial charge is 0.493 e. The fraction of sp³-hybridized carbons (Fsp3) is 0.286. The summed E-state index contributed by atoms with van der Waals surface area (Å²) in [6, 6.07) is 22.4. The van der Waals surface area contributed by atoms with Crippen molar-refractivity contribution < 1.29 is 25.2 Å². The van der Waals surface area contributed by atoms with Gasteiger partial charge in [-0.3, -0.25) is 9.59 Å². The molecule has 0 saturated carbocycles. The third-order valence-electron chi connectivity index (χ3n) is 5.22. The number of thioether (sulfide) groups is 1. The second-order valence-electron chi connectivity index (χ2n) is 7.92. The highest BCUT2D eigenvalue weighted by Crippen LogP contribution is 2.39. The zero-order chi connectivity index (χ0) is 24.7. The minimum atomic E-state index is -1.58. The molecule has 4 rings (SSSR count). The number of ketones is 1. The van der Waals surface area contributed by atoms with Crippen LogP contribution in [0.5, 0.6) is 23.0 Å². The molecule has 1 aliphatic heterocycles. The first-order valence-electron chi connectivity index (χ1n) is 11.9. The molecular formula is C28H28O5S. The molecule has 1 unspecified atom stereocenters. The van der Waals surface area contributed by atoms with Gasteiger partial charge >= 0.3 is 0 Å². The highest BCUT2D eigenvalue weighted by Gasteiger charge is 2.33. The van der Waals surface area contributed by atoms with E-state index in [0.29, 0.717) is 30.9 Å². The summed E-state index contributed by atoms with van der Waals surface area (Å²) in [5.74, 6) is 2.59. The summed E-state index contributed by atoms with van der Waals surface area (Å²) < 4.78 is 26.2. The Balaban J connectivity index is 1.30. The summed E-state index contributed by atoms with van der Waals surface area (Å²) >= 11 is 0.768. The molecule has 0 aromatic heterocycles. The lowest BCUT2D eigenvalue weighted by Crippen LogP contribution is -2.07. The van der Waals surface area contributed by atoms with Crippen molar-refractivity contribution in [2.24, 2.45) is 0 Å². The average Bonchev–Trinajstić information content (AvgIpc) is 3.13. The van der Waals surface area contributed by atoms with Gasteiger partial charge in [0.05, 0.1) is 26.2 Å². The van der Waals surface area contributed by atoms with Crippen LogP contribution in [0, 0.1) is 0 Å². The quantitative estimate of drug-likeness (QED) is 0.230. The average molecular weight is 478 g/mol. The molecule has 34 heavy (non-hydrogen) atoms. The lowest BCUT2D eigenvalue weighted by atomic mass is 10.1. The van der Waals surface area contributed by atoms with Crippen LogP contribution < -0.4 is 14.2 Å². The third kappa shape index (κ3) is 6.41. The highest BCUT2D eigenvalue weighted by atomic mass is 32.2. The van der Waals surface area contributed by atoms with Crippen molar-refractivity contribution in [3.05, 3.63) is 83.9 Å². The minimum Gasteiger partial charge on any atom is -0.493 e. The van der Waals surface area contributed by atoms with E-state index < -0.39 is 5.23 Å². The zero-order valence-electron chi connectivity index (χ0n) is 20.1. The number of ether oxygens (including phenoxy) is 3. The molecule has 3 aromatic rings. The number of hydrogen-bond donors (Lipinski definition) is 0. The van der Waals surface area contributed by atoms with Crippen LogP contribution in [0.3, 0.4) is 0 Å². The molecule has 0 amide bonds. The Morgan fingerprint density at radius 1 is 0.912 bits per heavy atom. The van der Waals surface area contributed by atoms with Gasteiger partial charge in [0.1, 0.15) is 23.0 Å². The summed E-state index contributed by atoms with van der Waals surface area (Å²) in [6.45, 7) is 3.04. The number of aryl methyl sites for hydroxylation is 1. The van der Waals surface area contributed by atoms with Crippen molar-refractivity contribution in [1.29, 1.82) is 0 Å². The van der Waals surface area contributed by atoms with Crippen molar-refractivity contribution in [3.63, 3.8) is 0 Å². The highest BCUT2D eigenvalue weighted by molar-refractivity contribution is 8.15. The number of Topliss-reactive ketones (excluding diaryl/α,β-unsaturated/α-hetero) is 1. The van der Waals surface area contributed by atoms with Gasteiger partial charge in [0, 0.05) is 6.42 Å². The maximum atomic E-state index is 12.1. The van der Waals surface area contributed by atoms with Gasteiger partial charge in [-0.25, -0.2) is 0 Å². The maximum Gasteiger partial charge on any atom is 0.197 e. The van der Waals surface area contributed by atoms with Gasteiger partial charge in [-0.05, 0) is 60.0 Å². The second kappa shape index (κ2) is 11.7. The summed E-state index contributed by atoms with van der Waals surface area (Å²) in [4.78, 5) is 23.8. The first-order chi connectivity index (χ1) is 17.0. The summed E-state index contributed by atoms with van der Waals surface area (Å²) in [6.07, 6.45) is 2.35. The fourth-order valence-electron chi connectivity index (χ4n) is 3.65. The van der Waals surface area contributed by atoms with E-state index in [0.717, 1.165) is 47.4 Å². The van der Waals surface area contributed by atoms with Gasteiger partial charge < -0.3 is 14.2 Å². The Kier molecular flexibility index (Phi) is 7.79. The molecule has 0 radical (unpaired) electrons. The van der Waals surface area contributed by atoms with Crippen LogP contribution in [0.25, 0.3) is 0 Å². The molecule has 176 valence electrons. The number of para-hydroxylation sites is 1. The van der Waals surface area contributed by atoms with E-state index in [2.05, 4.69) is 6.92 Å². The molecule has 1 aliphatic rings. The van der Waals surface area contributed by atoms with Gasteiger partial charge in [-0.1, -0.05) is 55.4 Å². The molecule has 0 bridgehead atoms. The minimum absolute atomic E-state index is 0.198. The predicted octanol–water partition coefficient (Wildman–Crippen LogP) is 6.55. The van der Waals surface area contributed by atoms with E-state index in [4.69, 9.17) is 15.6 Å². The standard InChI is InChI=1S/C28H28O5S/c1-2-8-20-17-24(33-22-10-4-3-5-11-22)13-14-26(20)32-16-7-15-31-23-12-6-9-21(18-23)28-25(29)19-27(30)34-28/h3-6,9-14,17-18,28H,2,7-8,15-16,19H2,1H3/i28D. The van der Waals surface area contributed by atoms with E-state index in [-0.39, 0.29) is 17.3 Å². The van der Waals surface area contributed by atoms with E-state index in [1.807, 2.05) is 48.5 Å². The second-order valence-corrected chi connectivity index (χ2v) is 8.98. The number of carbonyl (C=O) groups is 2. The van der Waals surface area contributed by atoms with Crippen LogP contribution in [0.15, 0.2) is 72.8 Å². The molecule has 0 N–H and O–H groups in total. The van der Waals surface area contributed by atoms with E-state index in [1.54, 1.807) is 24.3 Å². The molecule has 3 aromatic carbocycles. The van der Waals surface area contributed by atoms with E-state index >= 15 is 0 Å². The number of rotatable bonds is 11. The van der Waals surface area contributed by atoms with Crippen LogP contribution >= 0.6 is 11.8 Å². The Morgan fingerprint density at radius 3 is 2.47 bits per heavy atom. The summed E-state index contributed by atoms with van der Waals surface area (Å²) in [5, 5.41) is -1.85. The lowest BCUT2D eigenvalue weighted by molar-refractivity contribution is -0.121. The Morgan fingerprint density at radius 2 is 1.71 bits per heavy atom. The van der Waals surface area contributed by atoms with Crippen LogP contribution in [0.1, 0.15) is 43.9 Å². The first-order valence-corrected chi connectivity index (χ1v) is 12.3. The van der Waals surface area contributed by atoms with Gasteiger partial charge in [0.15, 0.2) is 10.9 Å². The molecule has 1 saturated heterocycles. The molecule has 1 atom stereocenters. The van der Waals surface area contributed by atoms with Gasteiger partial charge in [-0.2, -0.15) is 0 Å².